The van der Waals surface area contributed by atoms with Gasteiger partial charge < -0.3 is 15.4 Å². The Morgan fingerprint density at radius 2 is 2.05 bits per heavy atom. The molecule has 120 valence electrons. The molecule has 0 aromatic heterocycles. The van der Waals surface area contributed by atoms with Gasteiger partial charge in [-0.25, -0.2) is 4.99 Å². The SMILES string of the molecule is CC(C)Oc1ccccc1/C(N)=N/C(=N)SCC(=O)N(C)C. The van der Waals surface area contributed by atoms with Gasteiger partial charge >= 0.3 is 0 Å². The average molecular weight is 322 g/mol. The molecule has 0 radical (unpaired) electrons. The third kappa shape index (κ3) is 5.77. The van der Waals surface area contributed by atoms with Gasteiger partial charge in [-0.15, -0.1) is 0 Å². The number of nitrogens with two attached hydrogens (primary N) is 1. The number of nitrogens with one attached hydrogen (secondary N) is 1. The number of amidine groups is 2. The van der Waals surface area contributed by atoms with E-state index in [0.29, 0.717) is 11.3 Å². The summed E-state index contributed by atoms with van der Waals surface area (Å²) in [7, 11) is 3.34. The average Bonchev–Trinajstić information content (AvgIpc) is 2.44. The molecule has 1 aromatic carbocycles. The number of rotatable bonds is 5. The summed E-state index contributed by atoms with van der Waals surface area (Å²) in [6, 6.07) is 7.28. The summed E-state index contributed by atoms with van der Waals surface area (Å²) in [6.45, 7) is 3.85. The molecule has 1 rings (SSSR count). The molecule has 1 aromatic rings. The number of ether oxygens (including phenoxy) is 1. The van der Waals surface area contributed by atoms with Gasteiger partial charge in [0.05, 0.1) is 17.4 Å². The van der Waals surface area contributed by atoms with Crippen molar-refractivity contribution in [1.82, 2.24) is 4.90 Å². The molecule has 0 heterocycles. The molecule has 0 aliphatic carbocycles. The molecule has 7 heteroatoms. The lowest BCUT2D eigenvalue weighted by Gasteiger charge is -2.13. The maximum absolute atomic E-state index is 11.5. The van der Waals surface area contributed by atoms with Gasteiger partial charge in [-0.1, -0.05) is 23.9 Å². The van der Waals surface area contributed by atoms with E-state index in [1.807, 2.05) is 32.0 Å². The second kappa shape index (κ2) is 8.43. The molecule has 0 unspecified atom stereocenters. The number of carbonyl (C=O) groups is 1. The van der Waals surface area contributed by atoms with Gasteiger partial charge in [0, 0.05) is 14.1 Å². The van der Waals surface area contributed by atoms with Gasteiger partial charge in [0.2, 0.25) is 5.91 Å². The van der Waals surface area contributed by atoms with Crippen LogP contribution in [0.1, 0.15) is 19.4 Å². The number of thioether (sulfide) groups is 1. The summed E-state index contributed by atoms with van der Waals surface area (Å²) in [4.78, 5) is 17.0. The fourth-order valence-electron chi connectivity index (χ4n) is 1.50. The minimum atomic E-state index is -0.0768. The van der Waals surface area contributed by atoms with Crippen molar-refractivity contribution in [2.24, 2.45) is 10.7 Å². The van der Waals surface area contributed by atoms with E-state index in [1.54, 1.807) is 20.2 Å². The van der Waals surface area contributed by atoms with Crippen molar-refractivity contribution >= 4 is 28.7 Å². The molecule has 1 amide bonds. The van der Waals surface area contributed by atoms with Crippen molar-refractivity contribution in [1.29, 1.82) is 5.41 Å². The molecule has 3 N–H and O–H groups in total. The second-order valence-corrected chi connectivity index (χ2v) is 6.01. The molecular weight excluding hydrogens is 300 g/mol. The molecule has 0 bridgehead atoms. The predicted octanol–water partition coefficient (Wildman–Crippen LogP) is 1.94. The van der Waals surface area contributed by atoms with E-state index >= 15 is 0 Å². The molecule has 0 spiro atoms. The number of para-hydroxylation sites is 1. The van der Waals surface area contributed by atoms with Gasteiger partial charge in [-0.3, -0.25) is 10.2 Å². The minimum Gasteiger partial charge on any atom is -0.490 e. The highest BCUT2D eigenvalue weighted by Gasteiger charge is 2.11. The first-order valence-corrected chi connectivity index (χ1v) is 7.81. The first kappa shape index (κ1) is 18.0. The Kier molecular flexibility index (Phi) is 6.91. The van der Waals surface area contributed by atoms with Crippen molar-refractivity contribution in [3.63, 3.8) is 0 Å². The van der Waals surface area contributed by atoms with E-state index in [1.165, 1.54) is 4.90 Å². The number of aliphatic imine (C=N–C) groups is 1. The van der Waals surface area contributed by atoms with Crippen molar-refractivity contribution < 1.29 is 9.53 Å². The topological polar surface area (TPSA) is 91.8 Å². The quantitative estimate of drug-likeness (QED) is 0.640. The van der Waals surface area contributed by atoms with Gasteiger partial charge in [0.1, 0.15) is 11.6 Å². The summed E-state index contributed by atoms with van der Waals surface area (Å²) in [6.07, 6.45) is 0.0143. The Balaban J connectivity index is 2.80. The molecule has 22 heavy (non-hydrogen) atoms. The van der Waals surface area contributed by atoms with Gasteiger partial charge in [0.15, 0.2) is 5.17 Å². The van der Waals surface area contributed by atoms with E-state index in [-0.39, 0.29) is 28.8 Å². The van der Waals surface area contributed by atoms with Gasteiger partial charge in [-0.2, -0.15) is 0 Å². The van der Waals surface area contributed by atoms with Gasteiger partial charge in [0.25, 0.3) is 0 Å². The smallest absolute Gasteiger partial charge is 0.232 e. The van der Waals surface area contributed by atoms with Crippen LogP contribution in [0.5, 0.6) is 5.75 Å². The normalized spacial score (nSPS) is 11.4. The zero-order valence-corrected chi connectivity index (χ0v) is 14.1. The van der Waals surface area contributed by atoms with Crippen molar-refractivity contribution in [2.45, 2.75) is 20.0 Å². The van der Waals surface area contributed by atoms with Crippen LogP contribution in [0.3, 0.4) is 0 Å². The van der Waals surface area contributed by atoms with Gasteiger partial charge in [-0.05, 0) is 26.0 Å². The molecule has 0 fully saturated rings. The standard InChI is InChI=1S/C15H22N4O2S/c1-10(2)21-12-8-6-5-7-11(12)14(16)18-15(17)22-9-13(20)19(3)4/h5-8,10H,9H2,1-4H3,(H3,16,17,18). The maximum Gasteiger partial charge on any atom is 0.232 e. The lowest BCUT2D eigenvalue weighted by Crippen LogP contribution is -2.24. The van der Waals surface area contributed by atoms with Crippen LogP contribution in [-0.4, -0.2) is 47.8 Å². The van der Waals surface area contributed by atoms with Crippen LogP contribution in [0.2, 0.25) is 0 Å². The zero-order chi connectivity index (χ0) is 16.7. The van der Waals surface area contributed by atoms with Crippen molar-refractivity contribution in [2.75, 3.05) is 19.8 Å². The van der Waals surface area contributed by atoms with Crippen LogP contribution >= 0.6 is 11.8 Å². The summed E-state index contributed by atoms with van der Waals surface area (Å²) in [5.74, 6) is 0.909. The summed E-state index contributed by atoms with van der Waals surface area (Å²) < 4.78 is 5.68. The minimum absolute atomic E-state index is 0.00736. The molecule has 0 aliphatic heterocycles. The van der Waals surface area contributed by atoms with E-state index in [0.717, 1.165) is 11.8 Å². The Hall–Kier alpha value is -2.02. The highest BCUT2D eigenvalue weighted by atomic mass is 32.2. The van der Waals surface area contributed by atoms with E-state index in [9.17, 15) is 4.79 Å². The molecular formula is C15H22N4O2S. The largest absolute Gasteiger partial charge is 0.490 e. The van der Waals surface area contributed by atoms with Crippen molar-refractivity contribution in [3.05, 3.63) is 29.8 Å². The molecule has 0 saturated carbocycles. The number of benzene rings is 1. The number of hydrogen-bond acceptors (Lipinski definition) is 4. The Morgan fingerprint density at radius 3 is 2.64 bits per heavy atom. The van der Waals surface area contributed by atoms with Crippen LogP contribution in [0, 0.1) is 5.41 Å². The van der Waals surface area contributed by atoms with Crippen molar-refractivity contribution in [3.8, 4) is 5.75 Å². The number of hydrogen-bond donors (Lipinski definition) is 2. The fraction of sp³-hybridized carbons (Fsp3) is 0.400. The lowest BCUT2D eigenvalue weighted by atomic mass is 10.2. The monoisotopic (exact) mass is 322 g/mol. The first-order valence-electron chi connectivity index (χ1n) is 6.83. The van der Waals surface area contributed by atoms with E-state index in [2.05, 4.69) is 4.99 Å². The Labute approximate surface area is 135 Å². The van der Waals surface area contributed by atoms with Crippen LogP contribution in [0.25, 0.3) is 0 Å². The lowest BCUT2D eigenvalue weighted by molar-refractivity contribution is -0.125. The third-order valence-corrected chi connectivity index (χ3v) is 3.33. The van der Waals surface area contributed by atoms with Crippen LogP contribution in [0.4, 0.5) is 0 Å². The molecule has 0 aliphatic rings. The highest BCUT2D eigenvalue weighted by Crippen LogP contribution is 2.19. The summed E-state index contributed by atoms with van der Waals surface area (Å²) in [5.41, 5.74) is 6.60. The predicted molar refractivity (Wildman–Crippen MR) is 91.8 cm³/mol. The summed E-state index contributed by atoms with van der Waals surface area (Å²) in [5, 5.41) is 7.79. The first-order chi connectivity index (χ1) is 10.3. The zero-order valence-electron chi connectivity index (χ0n) is 13.3. The maximum atomic E-state index is 11.5. The molecule has 0 atom stereocenters. The molecule has 0 saturated heterocycles. The number of nitrogens with zero attached hydrogens (tertiary/aromatic N) is 2. The second-order valence-electron chi connectivity index (χ2n) is 5.04. The Morgan fingerprint density at radius 1 is 1.41 bits per heavy atom. The highest BCUT2D eigenvalue weighted by molar-refractivity contribution is 8.14. The number of carbonyl (C=O) groups excluding carboxylic acids is 1. The van der Waals surface area contributed by atoms with Crippen LogP contribution < -0.4 is 10.5 Å². The van der Waals surface area contributed by atoms with Crippen LogP contribution in [-0.2, 0) is 4.79 Å². The third-order valence-electron chi connectivity index (χ3n) is 2.58. The van der Waals surface area contributed by atoms with Crippen LogP contribution in [0.15, 0.2) is 29.3 Å². The molecule has 6 nitrogen and oxygen atoms in total. The summed E-state index contributed by atoms with van der Waals surface area (Å²) >= 11 is 1.04. The van der Waals surface area contributed by atoms with E-state index in [4.69, 9.17) is 15.9 Å². The van der Waals surface area contributed by atoms with E-state index < -0.39 is 0 Å². The number of amides is 1. The fourth-order valence-corrected chi connectivity index (χ4v) is 2.18. The Bertz CT molecular complexity index is 570.